The van der Waals surface area contributed by atoms with Gasteiger partial charge in [0.1, 0.15) is 11.6 Å². The minimum atomic E-state index is -0.528. The normalized spacial score (nSPS) is 19.9. The summed E-state index contributed by atoms with van der Waals surface area (Å²) in [6.07, 6.45) is 1.82. The molecule has 0 aromatic heterocycles. The Bertz CT molecular complexity index is 723. The van der Waals surface area contributed by atoms with Crippen LogP contribution < -0.4 is 0 Å². The number of ether oxygens (including phenoxy) is 1. The fourth-order valence-electron chi connectivity index (χ4n) is 3.76. The van der Waals surface area contributed by atoms with E-state index in [2.05, 4.69) is 23.1 Å². The SMILES string of the molecule is Fc1ccc(CN2CCC3(CC2)OCc2ccccc23)c(F)c1. The largest absolute Gasteiger partial charge is 0.365 e. The van der Waals surface area contributed by atoms with Crippen LogP contribution in [-0.4, -0.2) is 18.0 Å². The molecule has 23 heavy (non-hydrogen) atoms. The molecular weight excluding hydrogens is 296 g/mol. The summed E-state index contributed by atoms with van der Waals surface area (Å²) in [6.45, 7) is 2.91. The fourth-order valence-corrected chi connectivity index (χ4v) is 3.76. The second kappa shape index (κ2) is 5.69. The van der Waals surface area contributed by atoms with Gasteiger partial charge in [0.15, 0.2) is 0 Å². The van der Waals surface area contributed by atoms with Gasteiger partial charge in [0.05, 0.1) is 12.2 Å². The predicted molar refractivity (Wildman–Crippen MR) is 83.8 cm³/mol. The number of likely N-dealkylation sites (tertiary alicyclic amines) is 1. The zero-order valence-corrected chi connectivity index (χ0v) is 12.9. The van der Waals surface area contributed by atoms with Gasteiger partial charge in [-0.05, 0) is 30.0 Å². The van der Waals surface area contributed by atoms with Gasteiger partial charge in [-0.25, -0.2) is 8.78 Å². The van der Waals surface area contributed by atoms with Gasteiger partial charge in [0.25, 0.3) is 0 Å². The molecule has 2 nitrogen and oxygen atoms in total. The van der Waals surface area contributed by atoms with E-state index in [0.717, 1.165) is 32.0 Å². The zero-order chi connectivity index (χ0) is 15.9. The summed E-state index contributed by atoms with van der Waals surface area (Å²) in [5.74, 6) is -0.993. The molecule has 2 aromatic rings. The van der Waals surface area contributed by atoms with Crippen molar-refractivity contribution in [3.8, 4) is 0 Å². The molecule has 4 heteroatoms. The minimum Gasteiger partial charge on any atom is -0.365 e. The maximum absolute atomic E-state index is 13.8. The van der Waals surface area contributed by atoms with Crippen LogP contribution in [0.3, 0.4) is 0 Å². The first-order chi connectivity index (χ1) is 11.2. The van der Waals surface area contributed by atoms with E-state index in [-0.39, 0.29) is 5.60 Å². The van der Waals surface area contributed by atoms with Crippen LogP contribution in [0.25, 0.3) is 0 Å². The van der Waals surface area contributed by atoms with Gasteiger partial charge >= 0.3 is 0 Å². The molecule has 0 bridgehead atoms. The molecule has 4 rings (SSSR count). The molecule has 1 saturated heterocycles. The molecule has 0 radical (unpaired) electrons. The van der Waals surface area contributed by atoms with Gasteiger partial charge in [-0.2, -0.15) is 0 Å². The molecule has 0 N–H and O–H groups in total. The molecule has 1 spiro atoms. The maximum Gasteiger partial charge on any atom is 0.130 e. The number of benzene rings is 2. The van der Waals surface area contributed by atoms with E-state index in [9.17, 15) is 8.78 Å². The molecule has 2 aliphatic heterocycles. The number of hydrogen-bond donors (Lipinski definition) is 0. The van der Waals surface area contributed by atoms with Crippen LogP contribution >= 0.6 is 0 Å². The summed E-state index contributed by atoms with van der Waals surface area (Å²) in [5, 5.41) is 0. The highest BCUT2D eigenvalue weighted by atomic mass is 19.1. The van der Waals surface area contributed by atoms with Crippen LogP contribution in [0.4, 0.5) is 8.78 Å². The summed E-state index contributed by atoms with van der Waals surface area (Å²) in [6, 6.07) is 12.2. The Kier molecular flexibility index (Phi) is 3.66. The second-order valence-corrected chi connectivity index (χ2v) is 6.45. The third-order valence-corrected chi connectivity index (χ3v) is 5.08. The lowest BCUT2D eigenvalue weighted by molar-refractivity contribution is -0.0800. The molecule has 1 fully saturated rings. The van der Waals surface area contributed by atoms with Gasteiger partial charge in [-0.15, -0.1) is 0 Å². The van der Waals surface area contributed by atoms with Gasteiger partial charge in [0.2, 0.25) is 0 Å². The summed E-state index contributed by atoms with van der Waals surface area (Å²) in [5.41, 5.74) is 2.97. The number of piperidine rings is 1. The van der Waals surface area contributed by atoms with Crippen molar-refractivity contribution in [2.45, 2.75) is 31.6 Å². The molecule has 0 unspecified atom stereocenters. The van der Waals surface area contributed by atoms with Gasteiger partial charge in [0, 0.05) is 31.3 Å². The second-order valence-electron chi connectivity index (χ2n) is 6.45. The number of hydrogen-bond acceptors (Lipinski definition) is 2. The van der Waals surface area contributed by atoms with E-state index in [0.29, 0.717) is 18.7 Å². The third-order valence-electron chi connectivity index (χ3n) is 5.08. The van der Waals surface area contributed by atoms with Crippen LogP contribution in [0.1, 0.15) is 29.5 Å². The highest BCUT2D eigenvalue weighted by Crippen LogP contribution is 2.44. The number of nitrogens with zero attached hydrogens (tertiary/aromatic N) is 1. The van der Waals surface area contributed by atoms with Crippen molar-refractivity contribution in [1.29, 1.82) is 0 Å². The Balaban J connectivity index is 1.46. The Labute approximate surface area is 134 Å². The number of halogens is 2. The fraction of sp³-hybridized carbons (Fsp3) is 0.368. The summed E-state index contributed by atoms with van der Waals surface area (Å²) in [7, 11) is 0. The van der Waals surface area contributed by atoms with E-state index in [1.165, 1.54) is 23.3 Å². The lowest BCUT2D eigenvalue weighted by atomic mass is 9.84. The molecule has 0 amide bonds. The third kappa shape index (κ3) is 2.66. The van der Waals surface area contributed by atoms with Crippen LogP contribution in [0.15, 0.2) is 42.5 Å². The van der Waals surface area contributed by atoms with Crippen molar-refractivity contribution < 1.29 is 13.5 Å². The number of fused-ring (bicyclic) bond motifs is 2. The van der Waals surface area contributed by atoms with Crippen LogP contribution in [0.5, 0.6) is 0 Å². The Morgan fingerprint density at radius 3 is 2.61 bits per heavy atom. The lowest BCUT2D eigenvalue weighted by Gasteiger charge is -2.39. The summed E-state index contributed by atoms with van der Waals surface area (Å²) in [4.78, 5) is 2.21. The van der Waals surface area contributed by atoms with Gasteiger partial charge in [-0.1, -0.05) is 30.3 Å². The standard InChI is InChI=1S/C19H19F2NO/c20-16-6-5-14(18(21)11-16)12-22-9-7-19(8-10-22)17-4-2-1-3-15(17)13-23-19/h1-6,11H,7-10,12-13H2. The zero-order valence-electron chi connectivity index (χ0n) is 12.9. The molecule has 120 valence electrons. The molecule has 0 atom stereocenters. The van der Waals surface area contributed by atoms with E-state index in [1.54, 1.807) is 0 Å². The summed E-state index contributed by atoms with van der Waals surface area (Å²) >= 11 is 0. The molecular formula is C19H19F2NO. The van der Waals surface area contributed by atoms with E-state index in [1.807, 2.05) is 6.07 Å². The van der Waals surface area contributed by atoms with E-state index >= 15 is 0 Å². The smallest absolute Gasteiger partial charge is 0.130 e. The average molecular weight is 315 g/mol. The van der Waals surface area contributed by atoms with Crippen molar-refractivity contribution in [2.24, 2.45) is 0 Å². The molecule has 2 aromatic carbocycles. The van der Waals surface area contributed by atoms with Crippen molar-refractivity contribution in [1.82, 2.24) is 4.90 Å². The van der Waals surface area contributed by atoms with Crippen LogP contribution in [0, 0.1) is 11.6 Å². The maximum atomic E-state index is 13.8. The predicted octanol–water partition coefficient (Wildman–Crippen LogP) is 3.99. The van der Waals surface area contributed by atoms with Crippen molar-refractivity contribution in [3.63, 3.8) is 0 Å². The first-order valence-corrected chi connectivity index (χ1v) is 8.05. The molecule has 2 heterocycles. The van der Waals surface area contributed by atoms with Crippen molar-refractivity contribution in [3.05, 3.63) is 70.8 Å². The lowest BCUT2D eigenvalue weighted by Crippen LogP contribution is -2.42. The monoisotopic (exact) mass is 315 g/mol. The quantitative estimate of drug-likeness (QED) is 0.831. The van der Waals surface area contributed by atoms with Gasteiger partial charge < -0.3 is 4.74 Å². The highest BCUT2D eigenvalue weighted by molar-refractivity contribution is 5.36. The first-order valence-electron chi connectivity index (χ1n) is 8.05. The first kappa shape index (κ1) is 14.8. The Morgan fingerprint density at radius 2 is 1.83 bits per heavy atom. The van der Waals surface area contributed by atoms with E-state index in [4.69, 9.17) is 4.74 Å². The van der Waals surface area contributed by atoms with Crippen molar-refractivity contribution >= 4 is 0 Å². The Hall–Kier alpha value is -1.78. The highest BCUT2D eigenvalue weighted by Gasteiger charge is 2.42. The molecule has 2 aliphatic rings. The molecule has 0 aliphatic carbocycles. The average Bonchev–Trinajstić information content (AvgIpc) is 2.91. The molecule has 0 saturated carbocycles. The van der Waals surface area contributed by atoms with E-state index < -0.39 is 11.6 Å². The van der Waals surface area contributed by atoms with Crippen LogP contribution in [-0.2, 0) is 23.5 Å². The van der Waals surface area contributed by atoms with Crippen molar-refractivity contribution in [2.75, 3.05) is 13.1 Å². The topological polar surface area (TPSA) is 12.5 Å². The number of rotatable bonds is 2. The van der Waals surface area contributed by atoms with Crippen LogP contribution in [0.2, 0.25) is 0 Å². The minimum absolute atomic E-state index is 0.172. The Morgan fingerprint density at radius 1 is 1.04 bits per heavy atom. The van der Waals surface area contributed by atoms with Gasteiger partial charge in [-0.3, -0.25) is 4.90 Å². The summed E-state index contributed by atoms with van der Waals surface area (Å²) < 4.78 is 32.9.